The zero-order chi connectivity index (χ0) is 18.8. The highest BCUT2D eigenvalue weighted by Gasteiger charge is 2.22. The molecule has 1 aliphatic heterocycles. The standard InChI is InChI=1S/C21H25N5O/c1-15-9-18(11-20(10-15)25-12-16(2)27-17(3)13-25)23-21-22-14-26(24-21)19-7-5-4-6-8-19/h4-11,14,16-17H,12-13H2,1-3H3,(H,23,24). The molecule has 0 bridgehead atoms. The number of rotatable bonds is 4. The molecule has 1 N–H and O–H groups in total. The summed E-state index contributed by atoms with van der Waals surface area (Å²) in [5.74, 6) is 0.583. The van der Waals surface area contributed by atoms with Crippen LogP contribution in [0.4, 0.5) is 17.3 Å². The smallest absolute Gasteiger partial charge is 0.246 e. The molecule has 6 heteroatoms. The Morgan fingerprint density at radius 2 is 1.74 bits per heavy atom. The number of anilines is 3. The van der Waals surface area contributed by atoms with Gasteiger partial charge in [0, 0.05) is 24.5 Å². The summed E-state index contributed by atoms with van der Waals surface area (Å²) in [6, 6.07) is 16.4. The molecule has 2 unspecified atom stereocenters. The number of benzene rings is 2. The van der Waals surface area contributed by atoms with E-state index >= 15 is 0 Å². The van der Waals surface area contributed by atoms with E-state index in [9.17, 15) is 0 Å². The Hall–Kier alpha value is -2.86. The molecular formula is C21H25N5O. The molecule has 1 aromatic heterocycles. The average Bonchev–Trinajstić information content (AvgIpc) is 3.09. The van der Waals surface area contributed by atoms with E-state index in [0.29, 0.717) is 5.95 Å². The van der Waals surface area contributed by atoms with Crippen LogP contribution in [0.1, 0.15) is 19.4 Å². The first-order chi connectivity index (χ1) is 13.1. The summed E-state index contributed by atoms with van der Waals surface area (Å²) in [6.07, 6.45) is 2.18. The SMILES string of the molecule is Cc1cc(Nc2ncn(-c3ccccc3)n2)cc(N2CC(C)OC(C)C2)c1. The largest absolute Gasteiger partial charge is 0.372 e. The molecule has 2 heterocycles. The van der Waals surface area contributed by atoms with Gasteiger partial charge in [-0.1, -0.05) is 18.2 Å². The van der Waals surface area contributed by atoms with Crippen molar-refractivity contribution in [1.82, 2.24) is 14.8 Å². The minimum atomic E-state index is 0.230. The molecule has 6 nitrogen and oxygen atoms in total. The van der Waals surface area contributed by atoms with Crippen LogP contribution in [0.25, 0.3) is 5.69 Å². The number of hydrogen-bond donors (Lipinski definition) is 1. The van der Waals surface area contributed by atoms with E-state index < -0.39 is 0 Å². The van der Waals surface area contributed by atoms with Gasteiger partial charge in [0.1, 0.15) is 6.33 Å². The van der Waals surface area contributed by atoms with E-state index in [0.717, 1.165) is 24.5 Å². The summed E-state index contributed by atoms with van der Waals surface area (Å²) in [7, 11) is 0. The Kier molecular flexibility index (Phi) is 4.81. The maximum atomic E-state index is 5.86. The molecule has 140 valence electrons. The highest BCUT2D eigenvalue weighted by molar-refractivity contribution is 5.64. The fourth-order valence-corrected chi connectivity index (χ4v) is 3.56. The number of para-hydroxylation sites is 1. The highest BCUT2D eigenvalue weighted by atomic mass is 16.5. The van der Waals surface area contributed by atoms with Crippen molar-refractivity contribution in [2.24, 2.45) is 0 Å². The zero-order valence-electron chi connectivity index (χ0n) is 16.0. The fourth-order valence-electron chi connectivity index (χ4n) is 3.56. The van der Waals surface area contributed by atoms with Crippen LogP contribution in [-0.4, -0.2) is 40.1 Å². The number of ether oxygens (including phenoxy) is 1. The summed E-state index contributed by atoms with van der Waals surface area (Å²) in [6.45, 7) is 8.15. The van der Waals surface area contributed by atoms with Crippen molar-refractivity contribution < 1.29 is 4.74 Å². The van der Waals surface area contributed by atoms with Gasteiger partial charge < -0.3 is 15.0 Å². The van der Waals surface area contributed by atoms with Crippen molar-refractivity contribution >= 4 is 17.3 Å². The van der Waals surface area contributed by atoms with Gasteiger partial charge in [0.25, 0.3) is 0 Å². The van der Waals surface area contributed by atoms with E-state index in [2.05, 4.69) is 59.3 Å². The Morgan fingerprint density at radius 1 is 1.00 bits per heavy atom. The van der Waals surface area contributed by atoms with Crippen LogP contribution in [0.2, 0.25) is 0 Å². The third kappa shape index (κ3) is 4.11. The summed E-state index contributed by atoms with van der Waals surface area (Å²) in [5.41, 5.74) is 4.37. The van der Waals surface area contributed by atoms with Gasteiger partial charge in [-0.3, -0.25) is 0 Å². The van der Waals surface area contributed by atoms with Gasteiger partial charge in [-0.05, 0) is 56.7 Å². The minimum Gasteiger partial charge on any atom is -0.372 e. The highest BCUT2D eigenvalue weighted by Crippen LogP contribution is 2.26. The molecule has 1 fully saturated rings. The molecule has 0 aliphatic carbocycles. The molecule has 0 radical (unpaired) electrons. The Labute approximate surface area is 159 Å². The van der Waals surface area contributed by atoms with E-state index in [4.69, 9.17) is 4.74 Å². The van der Waals surface area contributed by atoms with E-state index in [-0.39, 0.29) is 12.2 Å². The van der Waals surface area contributed by atoms with Gasteiger partial charge in [0.15, 0.2) is 0 Å². The van der Waals surface area contributed by atoms with Crippen molar-refractivity contribution in [3.8, 4) is 5.69 Å². The third-order valence-corrected chi connectivity index (χ3v) is 4.62. The molecule has 0 spiro atoms. The molecule has 2 atom stereocenters. The monoisotopic (exact) mass is 363 g/mol. The van der Waals surface area contributed by atoms with Crippen molar-refractivity contribution in [1.29, 1.82) is 0 Å². The Bertz CT molecular complexity index is 898. The lowest BCUT2D eigenvalue weighted by atomic mass is 10.1. The normalized spacial score (nSPS) is 19.9. The van der Waals surface area contributed by atoms with Gasteiger partial charge in [0.05, 0.1) is 17.9 Å². The van der Waals surface area contributed by atoms with Gasteiger partial charge in [-0.2, -0.15) is 4.98 Å². The Balaban J connectivity index is 1.55. The van der Waals surface area contributed by atoms with Crippen molar-refractivity contribution in [2.75, 3.05) is 23.3 Å². The average molecular weight is 363 g/mol. The van der Waals surface area contributed by atoms with Crippen LogP contribution < -0.4 is 10.2 Å². The first kappa shape index (κ1) is 17.5. The van der Waals surface area contributed by atoms with Crippen molar-refractivity contribution in [3.05, 3.63) is 60.4 Å². The second-order valence-corrected chi connectivity index (χ2v) is 7.19. The Morgan fingerprint density at radius 3 is 2.48 bits per heavy atom. The maximum absolute atomic E-state index is 5.86. The quantitative estimate of drug-likeness (QED) is 0.761. The first-order valence-electron chi connectivity index (χ1n) is 9.33. The predicted molar refractivity (Wildman–Crippen MR) is 108 cm³/mol. The molecule has 27 heavy (non-hydrogen) atoms. The molecular weight excluding hydrogens is 338 g/mol. The molecule has 1 aliphatic rings. The van der Waals surface area contributed by atoms with Crippen LogP contribution >= 0.6 is 0 Å². The summed E-state index contributed by atoms with van der Waals surface area (Å²) >= 11 is 0. The van der Waals surface area contributed by atoms with Crippen LogP contribution in [0.15, 0.2) is 54.9 Å². The molecule has 0 saturated carbocycles. The number of nitrogens with one attached hydrogen (secondary N) is 1. The van der Waals surface area contributed by atoms with Crippen LogP contribution in [0, 0.1) is 6.92 Å². The summed E-state index contributed by atoms with van der Waals surface area (Å²) in [5, 5.41) is 7.87. The van der Waals surface area contributed by atoms with Crippen molar-refractivity contribution in [2.45, 2.75) is 33.0 Å². The molecule has 0 amide bonds. The van der Waals surface area contributed by atoms with Crippen LogP contribution in [-0.2, 0) is 4.74 Å². The van der Waals surface area contributed by atoms with Gasteiger partial charge >= 0.3 is 0 Å². The van der Waals surface area contributed by atoms with E-state index in [1.807, 2.05) is 30.3 Å². The van der Waals surface area contributed by atoms with E-state index in [1.165, 1.54) is 11.3 Å². The van der Waals surface area contributed by atoms with Gasteiger partial charge in [-0.25, -0.2) is 4.68 Å². The lowest BCUT2D eigenvalue weighted by Crippen LogP contribution is -2.45. The van der Waals surface area contributed by atoms with Crippen LogP contribution in [0.5, 0.6) is 0 Å². The number of morpholine rings is 1. The number of nitrogens with zero attached hydrogens (tertiary/aromatic N) is 4. The second kappa shape index (κ2) is 7.40. The van der Waals surface area contributed by atoms with Crippen molar-refractivity contribution in [3.63, 3.8) is 0 Å². The zero-order valence-corrected chi connectivity index (χ0v) is 16.0. The second-order valence-electron chi connectivity index (χ2n) is 7.19. The van der Waals surface area contributed by atoms with Gasteiger partial charge in [-0.15, -0.1) is 5.10 Å². The predicted octanol–water partition coefficient (Wildman–Crippen LogP) is 3.93. The number of hydrogen-bond acceptors (Lipinski definition) is 5. The van der Waals surface area contributed by atoms with E-state index in [1.54, 1.807) is 11.0 Å². The maximum Gasteiger partial charge on any atom is 0.246 e. The number of aromatic nitrogens is 3. The molecule has 1 saturated heterocycles. The van der Waals surface area contributed by atoms with Gasteiger partial charge in [0.2, 0.25) is 5.95 Å². The minimum absolute atomic E-state index is 0.230. The lowest BCUT2D eigenvalue weighted by molar-refractivity contribution is -0.00521. The summed E-state index contributed by atoms with van der Waals surface area (Å²) in [4.78, 5) is 6.77. The lowest BCUT2D eigenvalue weighted by Gasteiger charge is -2.37. The topological polar surface area (TPSA) is 55.2 Å². The fraction of sp³-hybridized carbons (Fsp3) is 0.333. The van der Waals surface area contributed by atoms with Crippen LogP contribution in [0.3, 0.4) is 0 Å². The molecule has 2 aromatic carbocycles. The summed E-state index contributed by atoms with van der Waals surface area (Å²) < 4.78 is 7.63. The molecule has 3 aromatic rings. The first-order valence-corrected chi connectivity index (χ1v) is 9.33. The molecule has 4 rings (SSSR count). The number of aryl methyl sites for hydroxylation is 1. The third-order valence-electron chi connectivity index (χ3n) is 4.62.